The van der Waals surface area contributed by atoms with Crippen LogP contribution in [0.2, 0.25) is 5.02 Å². The van der Waals surface area contributed by atoms with Crippen LogP contribution in [0.3, 0.4) is 0 Å². The minimum absolute atomic E-state index is 0.775. The molecule has 0 unspecified atom stereocenters. The molecule has 0 saturated carbocycles. The van der Waals surface area contributed by atoms with Gasteiger partial charge in [-0.1, -0.05) is 23.8 Å². The first-order chi connectivity index (χ1) is 8.69. The van der Waals surface area contributed by atoms with E-state index >= 15 is 0 Å². The fourth-order valence-electron chi connectivity index (χ4n) is 2.18. The lowest BCUT2D eigenvalue weighted by Crippen LogP contribution is -2.47. The third-order valence-electron chi connectivity index (χ3n) is 3.23. The molecule has 0 atom stereocenters. The molecule has 2 nitrogen and oxygen atoms in total. The van der Waals surface area contributed by atoms with Gasteiger partial charge in [0, 0.05) is 49.2 Å². The summed E-state index contributed by atoms with van der Waals surface area (Å²) in [6, 6.07) is 8.08. The van der Waals surface area contributed by atoms with Crippen molar-refractivity contribution in [3.63, 3.8) is 0 Å². The molecule has 0 radical (unpaired) electrons. The Hall–Kier alpha value is -0.640. The number of halogens is 1. The van der Waals surface area contributed by atoms with Gasteiger partial charge in [0.2, 0.25) is 0 Å². The highest BCUT2D eigenvalue weighted by Crippen LogP contribution is 2.19. The largest absolute Gasteiger partial charge is 0.369 e. The number of rotatable bonds is 4. The lowest BCUT2D eigenvalue weighted by atomic mass is 10.2. The first-order valence-electron chi connectivity index (χ1n) is 6.19. The van der Waals surface area contributed by atoms with Crippen LogP contribution in [0.25, 0.3) is 0 Å². The van der Waals surface area contributed by atoms with Crippen molar-refractivity contribution in [1.82, 2.24) is 4.90 Å². The zero-order valence-corrected chi connectivity index (χ0v) is 12.1. The molecule has 1 saturated heterocycles. The lowest BCUT2D eigenvalue weighted by Gasteiger charge is -2.36. The summed E-state index contributed by atoms with van der Waals surface area (Å²) in [5, 5.41) is 0.794. The van der Waals surface area contributed by atoms with Crippen LogP contribution in [-0.4, -0.2) is 43.4 Å². The second-order valence-corrected chi connectivity index (χ2v) is 5.40. The van der Waals surface area contributed by atoms with Crippen molar-refractivity contribution in [2.75, 3.05) is 43.4 Å². The Morgan fingerprint density at radius 3 is 2.33 bits per heavy atom. The van der Waals surface area contributed by atoms with Gasteiger partial charge in [0.1, 0.15) is 0 Å². The van der Waals surface area contributed by atoms with Crippen molar-refractivity contribution in [1.29, 1.82) is 0 Å². The molecule has 4 heteroatoms. The molecule has 1 aliphatic heterocycles. The van der Waals surface area contributed by atoms with E-state index in [9.17, 15) is 0 Å². The number of hydrogen-bond donors (Lipinski definition) is 1. The number of piperazine rings is 1. The van der Waals surface area contributed by atoms with Gasteiger partial charge in [0.25, 0.3) is 0 Å². The van der Waals surface area contributed by atoms with E-state index in [1.165, 1.54) is 11.3 Å². The molecule has 0 spiro atoms. The Kier molecular flexibility index (Phi) is 4.98. The summed E-state index contributed by atoms with van der Waals surface area (Å²) in [6.07, 6.45) is 0. The standard InChI is InChI=1S/C14H19ClN2S/c1-12(11-18)10-16-6-8-17(9-7-16)14-4-2-13(15)3-5-14/h2-5,18H,1,6-11H2. The second-order valence-electron chi connectivity index (χ2n) is 4.65. The van der Waals surface area contributed by atoms with Crippen molar-refractivity contribution < 1.29 is 0 Å². The van der Waals surface area contributed by atoms with E-state index in [-0.39, 0.29) is 0 Å². The van der Waals surface area contributed by atoms with E-state index in [1.54, 1.807) is 0 Å². The maximum Gasteiger partial charge on any atom is 0.0407 e. The summed E-state index contributed by atoms with van der Waals surface area (Å²) in [5.74, 6) is 0.775. The van der Waals surface area contributed by atoms with Crippen LogP contribution < -0.4 is 4.90 Å². The van der Waals surface area contributed by atoms with Gasteiger partial charge in [-0.05, 0) is 24.3 Å². The highest BCUT2D eigenvalue weighted by molar-refractivity contribution is 7.80. The van der Waals surface area contributed by atoms with Crippen LogP contribution in [0.4, 0.5) is 5.69 Å². The minimum atomic E-state index is 0.775. The van der Waals surface area contributed by atoms with E-state index in [0.717, 1.165) is 43.5 Å². The first-order valence-corrected chi connectivity index (χ1v) is 7.20. The second kappa shape index (κ2) is 6.50. The van der Waals surface area contributed by atoms with Gasteiger partial charge < -0.3 is 4.90 Å². The predicted octanol–water partition coefficient (Wildman–Crippen LogP) is 2.95. The minimum Gasteiger partial charge on any atom is -0.369 e. The molecule has 1 fully saturated rings. The summed E-state index contributed by atoms with van der Waals surface area (Å²) in [7, 11) is 0. The zero-order chi connectivity index (χ0) is 13.0. The van der Waals surface area contributed by atoms with Gasteiger partial charge in [-0.2, -0.15) is 12.6 Å². The number of thiol groups is 1. The molecule has 0 amide bonds. The van der Waals surface area contributed by atoms with Crippen molar-refractivity contribution in [2.45, 2.75) is 0 Å². The number of benzene rings is 1. The molecule has 0 aliphatic carbocycles. The molecule has 0 aromatic heterocycles. The molecule has 98 valence electrons. The molecule has 1 aliphatic rings. The van der Waals surface area contributed by atoms with E-state index in [1.807, 2.05) is 12.1 Å². The molecule has 0 bridgehead atoms. The average molecular weight is 283 g/mol. The molecule has 1 aromatic rings. The Bertz CT molecular complexity index is 397. The summed E-state index contributed by atoms with van der Waals surface area (Å²) in [5.41, 5.74) is 2.45. The summed E-state index contributed by atoms with van der Waals surface area (Å²) in [6.45, 7) is 9.25. The molecule has 1 aromatic carbocycles. The molecular formula is C14H19ClN2S. The number of nitrogens with zero attached hydrogens (tertiary/aromatic N) is 2. The normalized spacial score (nSPS) is 16.9. The van der Waals surface area contributed by atoms with Gasteiger partial charge >= 0.3 is 0 Å². The SMILES string of the molecule is C=C(CS)CN1CCN(c2ccc(Cl)cc2)CC1. The number of anilines is 1. The van der Waals surface area contributed by atoms with Crippen molar-refractivity contribution in [3.05, 3.63) is 41.4 Å². The van der Waals surface area contributed by atoms with Crippen molar-refractivity contribution >= 4 is 29.9 Å². The monoisotopic (exact) mass is 282 g/mol. The van der Waals surface area contributed by atoms with Gasteiger partial charge in [-0.15, -0.1) is 0 Å². The highest BCUT2D eigenvalue weighted by Gasteiger charge is 2.17. The first kappa shape index (κ1) is 13.8. The summed E-state index contributed by atoms with van der Waals surface area (Å²) in [4.78, 5) is 4.83. The van der Waals surface area contributed by atoms with E-state index in [2.05, 4.69) is 41.1 Å². The van der Waals surface area contributed by atoms with Crippen LogP contribution in [-0.2, 0) is 0 Å². The molecule has 1 heterocycles. The van der Waals surface area contributed by atoms with Gasteiger partial charge in [-0.3, -0.25) is 4.90 Å². The molecular weight excluding hydrogens is 264 g/mol. The third kappa shape index (κ3) is 3.67. The van der Waals surface area contributed by atoms with Crippen LogP contribution in [0.1, 0.15) is 0 Å². The van der Waals surface area contributed by atoms with Gasteiger partial charge in [0.15, 0.2) is 0 Å². The fourth-order valence-corrected chi connectivity index (χ4v) is 2.41. The number of hydrogen-bond acceptors (Lipinski definition) is 3. The predicted molar refractivity (Wildman–Crippen MR) is 83.1 cm³/mol. The Morgan fingerprint density at radius 1 is 1.17 bits per heavy atom. The summed E-state index contributed by atoms with van der Waals surface area (Å²) >= 11 is 10.2. The van der Waals surface area contributed by atoms with Crippen molar-refractivity contribution in [3.8, 4) is 0 Å². The lowest BCUT2D eigenvalue weighted by molar-refractivity contribution is 0.279. The fraction of sp³-hybridized carbons (Fsp3) is 0.429. The Balaban J connectivity index is 1.86. The van der Waals surface area contributed by atoms with E-state index < -0.39 is 0 Å². The Labute approximate surface area is 120 Å². The Morgan fingerprint density at radius 2 is 1.78 bits per heavy atom. The van der Waals surface area contributed by atoms with Crippen LogP contribution in [0.15, 0.2) is 36.4 Å². The zero-order valence-electron chi connectivity index (χ0n) is 10.5. The molecule has 0 N–H and O–H groups in total. The van der Waals surface area contributed by atoms with E-state index in [4.69, 9.17) is 11.6 Å². The average Bonchev–Trinajstić information content (AvgIpc) is 2.40. The highest BCUT2D eigenvalue weighted by atomic mass is 35.5. The van der Waals surface area contributed by atoms with E-state index in [0.29, 0.717) is 0 Å². The maximum atomic E-state index is 5.90. The molecule has 18 heavy (non-hydrogen) atoms. The van der Waals surface area contributed by atoms with Crippen LogP contribution in [0.5, 0.6) is 0 Å². The topological polar surface area (TPSA) is 6.48 Å². The summed E-state index contributed by atoms with van der Waals surface area (Å²) < 4.78 is 0. The van der Waals surface area contributed by atoms with Gasteiger partial charge in [-0.25, -0.2) is 0 Å². The maximum absolute atomic E-state index is 5.90. The van der Waals surface area contributed by atoms with Gasteiger partial charge in [0.05, 0.1) is 0 Å². The van der Waals surface area contributed by atoms with Crippen LogP contribution >= 0.6 is 24.2 Å². The van der Waals surface area contributed by atoms with Crippen molar-refractivity contribution in [2.24, 2.45) is 0 Å². The third-order valence-corrected chi connectivity index (χ3v) is 3.93. The molecule has 2 rings (SSSR count). The quantitative estimate of drug-likeness (QED) is 0.670. The smallest absolute Gasteiger partial charge is 0.0407 e. The van der Waals surface area contributed by atoms with Crippen LogP contribution in [0, 0.1) is 0 Å².